The Morgan fingerprint density at radius 1 is 1.29 bits per heavy atom. The van der Waals surface area contributed by atoms with E-state index in [1.54, 1.807) is 0 Å². The molecule has 24 heavy (non-hydrogen) atoms. The maximum atomic E-state index is 12.0. The molecule has 2 heterocycles. The molecule has 0 unspecified atom stereocenters. The zero-order valence-electron chi connectivity index (χ0n) is 13.7. The van der Waals surface area contributed by atoms with Gasteiger partial charge in [0.05, 0.1) is 17.8 Å². The zero-order valence-corrected chi connectivity index (χ0v) is 14.5. The highest BCUT2D eigenvalue weighted by Gasteiger charge is 2.33. The van der Waals surface area contributed by atoms with E-state index in [1.807, 2.05) is 13.8 Å². The summed E-state index contributed by atoms with van der Waals surface area (Å²) in [5.41, 5.74) is 11.4. The Morgan fingerprint density at radius 3 is 2.62 bits per heavy atom. The van der Waals surface area contributed by atoms with Crippen molar-refractivity contribution >= 4 is 34.1 Å². The number of hydrogen-bond acceptors (Lipinski definition) is 6. The standard InChI is InChI=1S/C15H22N4O4S/c1-15(2)6-8-9(7-23-15)24-14(10(8)11(17)20)19-13(22)12(21)18-5-3-4-16/h3-7,16H2,1-2H3,(H2,17,20)(H,18,21)(H,19,22). The van der Waals surface area contributed by atoms with E-state index in [2.05, 4.69) is 10.6 Å². The molecule has 0 saturated heterocycles. The van der Waals surface area contributed by atoms with E-state index in [9.17, 15) is 14.4 Å². The molecule has 1 aromatic heterocycles. The molecule has 9 heteroatoms. The lowest BCUT2D eigenvalue weighted by atomic mass is 9.93. The molecule has 0 aromatic carbocycles. The molecule has 2 rings (SSSR count). The third-order valence-electron chi connectivity index (χ3n) is 3.63. The molecule has 0 radical (unpaired) electrons. The van der Waals surface area contributed by atoms with Gasteiger partial charge in [0.25, 0.3) is 5.91 Å². The number of carbonyl (C=O) groups is 3. The third-order valence-corrected chi connectivity index (χ3v) is 4.75. The van der Waals surface area contributed by atoms with Gasteiger partial charge in [-0.3, -0.25) is 14.4 Å². The number of fused-ring (bicyclic) bond motifs is 1. The van der Waals surface area contributed by atoms with Gasteiger partial charge >= 0.3 is 11.8 Å². The smallest absolute Gasteiger partial charge is 0.314 e. The number of ether oxygens (including phenoxy) is 1. The number of nitrogens with two attached hydrogens (primary N) is 2. The summed E-state index contributed by atoms with van der Waals surface area (Å²) in [6.07, 6.45) is 1.08. The molecular formula is C15H22N4O4S. The Bertz CT molecular complexity index is 669. The number of primary amides is 1. The largest absolute Gasteiger partial charge is 0.370 e. The highest BCUT2D eigenvalue weighted by atomic mass is 32.1. The normalized spacial score (nSPS) is 15.5. The van der Waals surface area contributed by atoms with Crippen LogP contribution in [0, 0.1) is 0 Å². The summed E-state index contributed by atoms with van der Waals surface area (Å²) in [5, 5.41) is 5.23. The average Bonchev–Trinajstić information content (AvgIpc) is 2.83. The summed E-state index contributed by atoms with van der Waals surface area (Å²) < 4.78 is 5.71. The van der Waals surface area contributed by atoms with E-state index in [-0.39, 0.29) is 10.6 Å². The van der Waals surface area contributed by atoms with Crippen LogP contribution in [-0.4, -0.2) is 36.4 Å². The van der Waals surface area contributed by atoms with Crippen LogP contribution in [0.15, 0.2) is 0 Å². The van der Waals surface area contributed by atoms with Crippen molar-refractivity contribution in [3.8, 4) is 0 Å². The highest BCUT2D eigenvalue weighted by Crippen LogP contribution is 2.40. The van der Waals surface area contributed by atoms with Gasteiger partial charge in [-0.05, 0) is 32.4 Å². The van der Waals surface area contributed by atoms with Gasteiger partial charge in [-0.15, -0.1) is 11.3 Å². The monoisotopic (exact) mass is 354 g/mol. The molecule has 1 aliphatic heterocycles. The highest BCUT2D eigenvalue weighted by molar-refractivity contribution is 7.17. The lowest BCUT2D eigenvalue weighted by Gasteiger charge is -2.30. The van der Waals surface area contributed by atoms with Gasteiger partial charge in [0.2, 0.25) is 0 Å². The van der Waals surface area contributed by atoms with Crippen molar-refractivity contribution in [2.75, 3.05) is 18.4 Å². The minimum Gasteiger partial charge on any atom is -0.370 e. The number of nitrogens with one attached hydrogen (secondary N) is 2. The van der Waals surface area contributed by atoms with Crippen molar-refractivity contribution in [1.29, 1.82) is 0 Å². The van der Waals surface area contributed by atoms with Crippen LogP contribution >= 0.6 is 11.3 Å². The van der Waals surface area contributed by atoms with Crippen molar-refractivity contribution in [1.82, 2.24) is 5.32 Å². The van der Waals surface area contributed by atoms with Crippen LogP contribution < -0.4 is 22.1 Å². The molecule has 0 spiro atoms. The molecule has 0 bridgehead atoms. The van der Waals surface area contributed by atoms with Gasteiger partial charge < -0.3 is 26.8 Å². The van der Waals surface area contributed by atoms with E-state index in [1.165, 1.54) is 11.3 Å². The minimum atomic E-state index is -0.840. The molecule has 1 aromatic rings. The third kappa shape index (κ3) is 4.11. The van der Waals surface area contributed by atoms with E-state index < -0.39 is 23.3 Å². The molecule has 0 aliphatic carbocycles. The van der Waals surface area contributed by atoms with Crippen LogP contribution in [0.4, 0.5) is 5.00 Å². The Morgan fingerprint density at radius 2 is 2.00 bits per heavy atom. The average molecular weight is 354 g/mol. The van der Waals surface area contributed by atoms with Gasteiger partial charge in [0.15, 0.2) is 0 Å². The zero-order chi connectivity index (χ0) is 17.9. The Kier molecular flexibility index (Phi) is 5.58. The molecule has 3 amide bonds. The van der Waals surface area contributed by atoms with E-state index in [4.69, 9.17) is 16.2 Å². The second kappa shape index (κ2) is 7.29. The topological polar surface area (TPSA) is 137 Å². The summed E-state index contributed by atoms with van der Waals surface area (Å²) in [4.78, 5) is 36.4. The second-order valence-corrected chi connectivity index (χ2v) is 7.25. The van der Waals surface area contributed by atoms with Gasteiger partial charge in [-0.25, -0.2) is 0 Å². The van der Waals surface area contributed by atoms with Crippen molar-refractivity contribution in [2.24, 2.45) is 11.5 Å². The van der Waals surface area contributed by atoms with Crippen molar-refractivity contribution in [3.63, 3.8) is 0 Å². The summed E-state index contributed by atoms with van der Waals surface area (Å²) >= 11 is 1.21. The first-order valence-electron chi connectivity index (χ1n) is 7.62. The number of thiophene rings is 1. The van der Waals surface area contributed by atoms with Crippen LogP contribution in [0.2, 0.25) is 0 Å². The summed E-state index contributed by atoms with van der Waals surface area (Å²) in [6, 6.07) is 0. The van der Waals surface area contributed by atoms with Crippen LogP contribution in [0.25, 0.3) is 0 Å². The second-order valence-electron chi connectivity index (χ2n) is 6.15. The number of carbonyl (C=O) groups excluding carboxylic acids is 3. The molecule has 8 nitrogen and oxygen atoms in total. The SMILES string of the molecule is CC1(C)Cc2c(sc(NC(=O)C(=O)NCCCN)c2C(N)=O)CO1. The number of amides is 3. The van der Waals surface area contributed by atoms with Crippen molar-refractivity contribution in [3.05, 3.63) is 16.0 Å². The first kappa shape index (κ1) is 18.4. The molecule has 6 N–H and O–H groups in total. The number of rotatable bonds is 5. The Labute approximate surface area is 143 Å². The summed E-state index contributed by atoms with van der Waals surface area (Å²) in [7, 11) is 0. The maximum absolute atomic E-state index is 12.0. The minimum absolute atomic E-state index is 0.259. The fraction of sp³-hybridized carbons (Fsp3) is 0.533. The van der Waals surface area contributed by atoms with Gasteiger partial charge in [0.1, 0.15) is 5.00 Å². The maximum Gasteiger partial charge on any atom is 0.314 e. The molecule has 0 fully saturated rings. The van der Waals surface area contributed by atoms with E-state index >= 15 is 0 Å². The van der Waals surface area contributed by atoms with Crippen LogP contribution in [-0.2, 0) is 27.4 Å². The molecule has 0 atom stereocenters. The van der Waals surface area contributed by atoms with Crippen LogP contribution in [0.1, 0.15) is 41.1 Å². The Hall–Kier alpha value is -1.97. The lowest BCUT2D eigenvalue weighted by Crippen LogP contribution is -2.36. The van der Waals surface area contributed by atoms with Crippen LogP contribution in [0.3, 0.4) is 0 Å². The lowest BCUT2D eigenvalue weighted by molar-refractivity contribution is -0.136. The first-order chi connectivity index (χ1) is 11.2. The van der Waals surface area contributed by atoms with Gasteiger partial charge in [-0.2, -0.15) is 0 Å². The predicted octanol–water partition coefficient (Wildman–Crippen LogP) is 0.102. The summed E-state index contributed by atoms with van der Waals surface area (Å²) in [6.45, 7) is 4.91. The van der Waals surface area contributed by atoms with Gasteiger partial charge in [0, 0.05) is 17.8 Å². The first-order valence-corrected chi connectivity index (χ1v) is 8.44. The predicted molar refractivity (Wildman–Crippen MR) is 90.7 cm³/mol. The molecular weight excluding hydrogens is 332 g/mol. The Balaban J connectivity index is 2.19. The van der Waals surface area contributed by atoms with Crippen molar-refractivity contribution in [2.45, 2.75) is 38.9 Å². The summed E-state index contributed by atoms with van der Waals surface area (Å²) in [5.74, 6) is -2.25. The van der Waals surface area contributed by atoms with Gasteiger partial charge in [-0.1, -0.05) is 0 Å². The molecule has 0 saturated carbocycles. The molecule has 1 aliphatic rings. The fourth-order valence-corrected chi connectivity index (χ4v) is 3.58. The molecule has 132 valence electrons. The fourth-order valence-electron chi connectivity index (χ4n) is 2.45. The van der Waals surface area contributed by atoms with E-state index in [0.29, 0.717) is 32.5 Å². The number of hydrogen-bond donors (Lipinski definition) is 4. The van der Waals surface area contributed by atoms with Crippen molar-refractivity contribution < 1.29 is 19.1 Å². The van der Waals surface area contributed by atoms with Crippen LogP contribution in [0.5, 0.6) is 0 Å². The quantitative estimate of drug-likeness (QED) is 0.439. The number of anilines is 1. The van der Waals surface area contributed by atoms with E-state index in [0.717, 1.165) is 10.4 Å².